The van der Waals surface area contributed by atoms with E-state index in [9.17, 15) is 4.39 Å². The van der Waals surface area contributed by atoms with Gasteiger partial charge in [-0.3, -0.25) is 9.80 Å². The first-order valence-electron chi connectivity index (χ1n) is 9.94. The van der Waals surface area contributed by atoms with Crippen molar-refractivity contribution in [3.05, 3.63) is 106 Å². The van der Waals surface area contributed by atoms with Crippen molar-refractivity contribution < 1.29 is 4.39 Å². The third-order valence-corrected chi connectivity index (χ3v) is 5.54. The quantitative estimate of drug-likeness (QED) is 0.585. The van der Waals surface area contributed by atoms with E-state index in [0.717, 1.165) is 25.2 Å². The van der Waals surface area contributed by atoms with Crippen molar-refractivity contribution in [2.24, 2.45) is 0 Å². The van der Waals surface area contributed by atoms with Crippen molar-refractivity contribution in [1.82, 2.24) is 9.80 Å². The molecule has 0 spiro atoms. The summed E-state index contributed by atoms with van der Waals surface area (Å²) in [6, 6.07) is 24.6. The average Bonchev–Trinajstić information content (AvgIpc) is 3.07. The normalized spacial score (nSPS) is 17.9. The lowest BCUT2D eigenvalue weighted by Gasteiger charge is -2.31. The van der Waals surface area contributed by atoms with Crippen LogP contribution in [0.2, 0.25) is 0 Å². The van der Waals surface area contributed by atoms with Gasteiger partial charge >= 0.3 is 0 Å². The molecule has 0 unspecified atom stereocenters. The van der Waals surface area contributed by atoms with Gasteiger partial charge < -0.3 is 0 Å². The van der Waals surface area contributed by atoms with Gasteiger partial charge in [0.25, 0.3) is 0 Å². The first-order chi connectivity index (χ1) is 13.6. The van der Waals surface area contributed by atoms with Crippen molar-refractivity contribution in [3.8, 4) is 0 Å². The fraction of sp³-hybridized carbons (Fsp3) is 0.280. The molecule has 28 heavy (non-hydrogen) atoms. The van der Waals surface area contributed by atoms with E-state index in [1.807, 2.05) is 12.1 Å². The molecule has 2 nitrogen and oxygen atoms in total. The number of halogens is 1. The summed E-state index contributed by atoms with van der Waals surface area (Å²) < 4.78 is 14.3. The van der Waals surface area contributed by atoms with Gasteiger partial charge in [0.2, 0.25) is 0 Å². The van der Waals surface area contributed by atoms with Gasteiger partial charge in [0, 0.05) is 31.7 Å². The van der Waals surface area contributed by atoms with Gasteiger partial charge in [-0.25, -0.2) is 4.39 Å². The average molecular weight is 375 g/mol. The Morgan fingerprint density at radius 3 is 2.21 bits per heavy atom. The Morgan fingerprint density at radius 1 is 0.786 bits per heavy atom. The minimum absolute atomic E-state index is 0.123. The maximum atomic E-state index is 14.3. The molecule has 1 atom stereocenters. The third-order valence-electron chi connectivity index (χ3n) is 5.54. The molecule has 0 aromatic heterocycles. The predicted octanol–water partition coefficient (Wildman–Crippen LogP) is 5.46. The molecule has 0 N–H and O–H groups in total. The number of nitrogens with zero attached hydrogens (tertiary/aromatic N) is 2. The molecule has 0 saturated carbocycles. The lowest BCUT2D eigenvalue weighted by atomic mass is 10.1. The highest BCUT2D eigenvalue weighted by atomic mass is 19.1. The standard InChI is InChI=1S/C25H27FN2/c1-19-10-12-21(13-11-19)17-27-14-15-28(18-23-7-3-4-9-24(23)26)25(27)22-8-5-6-20(2)16-22/h3-13,16,25H,14-15,17-18H2,1-2H3/t25-/m0/s1. The summed E-state index contributed by atoms with van der Waals surface area (Å²) >= 11 is 0. The van der Waals surface area contributed by atoms with E-state index in [1.54, 1.807) is 12.1 Å². The zero-order chi connectivity index (χ0) is 19.5. The van der Waals surface area contributed by atoms with Crippen molar-refractivity contribution >= 4 is 0 Å². The van der Waals surface area contributed by atoms with Gasteiger partial charge in [-0.2, -0.15) is 0 Å². The summed E-state index contributed by atoms with van der Waals surface area (Å²) in [6.07, 6.45) is 0.154. The number of hydrogen-bond donors (Lipinski definition) is 0. The van der Waals surface area contributed by atoms with E-state index in [-0.39, 0.29) is 12.0 Å². The SMILES string of the molecule is Cc1ccc(CN2CCN(Cc3ccccc3F)[C@H]2c2cccc(C)c2)cc1. The fourth-order valence-electron chi connectivity index (χ4n) is 4.09. The van der Waals surface area contributed by atoms with Crippen LogP contribution in [0, 0.1) is 19.7 Å². The molecule has 144 valence electrons. The molecule has 3 heteroatoms. The van der Waals surface area contributed by atoms with Crippen LogP contribution in [0.25, 0.3) is 0 Å². The Bertz CT molecular complexity index is 935. The second-order valence-electron chi connectivity index (χ2n) is 7.81. The molecule has 1 aliphatic heterocycles. The maximum Gasteiger partial charge on any atom is 0.127 e. The van der Waals surface area contributed by atoms with Crippen LogP contribution in [-0.2, 0) is 13.1 Å². The molecule has 0 bridgehead atoms. The van der Waals surface area contributed by atoms with E-state index in [4.69, 9.17) is 0 Å². The topological polar surface area (TPSA) is 6.48 Å². The lowest BCUT2D eigenvalue weighted by molar-refractivity contribution is 0.124. The Labute approximate surface area is 167 Å². The summed E-state index contributed by atoms with van der Waals surface area (Å²) in [5.41, 5.74) is 5.89. The molecule has 1 fully saturated rings. The van der Waals surface area contributed by atoms with Crippen LogP contribution in [0.3, 0.4) is 0 Å². The summed E-state index contributed by atoms with van der Waals surface area (Å²) in [4.78, 5) is 4.89. The second-order valence-corrected chi connectivity index (χ2v) is 7.81. The van der Waals surface area contributed by atoms with Gasteiger partial charge in [-0.1, -0.05) is 77.9 Å². The van der Waals surface area contributed by atoms with E-state index in [2.05, 4.69) is 72.2 Å². The van der Waals surface area contributed by atoms with Crippen LogP contribution in [0.1, 0.15) is 34.0 Å². The number of rotatable bonds is 5. The fourth-order valence-corrected chi connectivity index (χ4v) is 4.09. The summed E-state index contributed by atoms with van der Waals surface area (Å²) in [5.74, 6) is -0.123. The zero-order valence-corrected chi connectivity index (χ0v) is 16.6. The second kappa shape index (κ2) is 8.26. The molecule has 1 heterocycles. The number of aryl methyl sites for hydroxylation is 2. The minimum Gasteiger partial charge on any atom is -0.279 e. The highest BCUT2D eigenvalue weighted by Crippen LogP contribution is 2.33. The summed E-state index contributed by atoms with van der Waals surface area (Å²) in [5, 5.41) is 0. The highest BCUT2D eigenvalue weighted by molar-refractivity contribution is 5.27. The molecule has 0 amide bonds. The van der Waals surface area contributed by atoms with Crippen LogP contribution in [-0.4, -0.2) is 22.9 Å². The van der Waals surface area contributed by atoms with Gasteiger partial charge in [-0.05, 0) is 31.0 Å². The maximum absolute atomic E-state index is 14.3. The van der Waals surface area contributed by atoms with Gasteiger partial charge in [0.15, 0.2) is 0 Å². The molecule has 3 aromatic rings. The van der Waals surface area contributed by atoms with Crippen molar-refractivity contribution in [1.29, 1.82) is 0 Å². The highest BCUT2D eigenvalue weighted by Gasteiger charge is 2.33. The lowest BCUT2D eigenvalue weighted by Crippen LogP contribution is -2.30. The van der Waals surface area contributed by atoms with E-state index in [1.165, 1.54) is 22.3 Å². The zero-order valence-electron chi connectivity index (χ0n) is 16.6. The van der Waals surface area contributed by atoms with Crippen molar-refractivity contribution in [2.45, 2.75) is 33.1 Å². The monoisotopic (exact) mass is 374 g/mol. The molecule has 1 saturated heterocycles. The molecule has 0 radical (unpaired) electrons. The van der Waals surface area contributed by atoms with Crippen LogP contribution in [0.4, 0.5) is 4.39 Å². The van der Waals surface area contributed by atoms with Crippen LogP contribution in [0.5, 0.6) is 0 Å². The van der Waals surface area contributed by atoms with Crippen LogP contribution in [0.15, 0.2) is 72.8 Å². The molecular formula is C25H27FN2. The number of benzene rings is 3. The van der Waals surface area contributed by atoms with Gasteiger partial charge in [-0.15, -0.1) is 0 Å². The Morgan fingerprint density at radius 2 is 1.50 bits per heavy atom. The predicted molar refractivity (Wildman–Crippen MR) is 112 cm³/mol. The van der Waals surface area contributed by atoms with Gasteiger partial charge in [0.05, 0.1) is 6.17 Å². The minimum atomic E-state index is -0.123. The van der Waals surface area contributed by atoms with Gasteiger partial charge in [0.1, 0.15) is 5.82 Å². The number of hydrogen-bond acceptors (Lipinski definition) is 2. The van der Waals surface area contributed by atoms with E-state index < -0.39 is 0 Å². The largest absolute Gasteiger partial charge is 0.279 e. The summed E-state index contributed by atoms with van der Waals surface area (Å²) in [6.45, 7) is 7.66. The molecule has 4 rings (SSSR count). The molecule has 1 aliphatic rings. The summed E-state index contributed by atoms with van der Waals surface area (Å²) in [7, 11) is 0. The van der Waals surface area contributed by atoms with E-state index >= 15 is 0 Å². The van der Waals surface area contributed by atoms with Crippen molar-refractivity contribution in [2.75, 3.05) is 13.1 Å². The molecular weight excluding hydrogens is 347 g/mol. The smallest absolute Gasteiger partial charge is 0.127 e. The Kier molecular flexibility index (Phi) is 5.56. The Balaban J connectivity index is 1.62. The van der Waals surface area contributed by atoms with E-state index in [0.29, 0.717) is 6.54 Å². The first kappa shape index (κ1) is 18.9. The van der Waals surface area contributed by atoms with Crippen LogP contribution < -0.4 is 0 Å². The Hall–Kier alpha value is -2.49. The third kappa shape index (κ3) is 4.16. The van der Waals surface area contributed by atoms with Crippen LogP contribution >= 0.6 is 0 Å². The molecule has 3 aromatic carbocycles. The first-order valence-corrected chi connectivity index (χ1v) is 9.94. The van der Waals surface area contributed by atoms with Crippen molar-refractivity contribution in [3.63, 3.8) is 0 Å². The molecule has 0 aliphatic carbocycles.